The number of pyridine rings is 2. The van der Waals surface area contributed by atoms with E-state index < -0.39 is 0 Å². The van der Waals surface area contributed by atoms with Gasteiger partial charge in [0.2, 0.25) is 0 Å². The van der Waals surface area contributed by atoms with Gasteiger partial charge >= 0.3 is 0 Å². The maximum absolute atomic E-state index is 5.38. The first kappa shape index (κ1) is 41.6. The molecule has 14 aromatic rings. The molecule has 0 radical (unpaired) electrons. The first-order valence-electron chi connectivity index (χ1n) is 24.3. The lowest BCUT2D eigenvalue weighted by molar-refractivity contribution is 1.18. The molecule has 0 aliphatic rings. The predicted molar refractivity (Wildman–Crippen MR) is 305 cm³/mol. The SMILES string of the molecule is c1ccc(-c2ccc(-n3c4ccccc4c4ccc(-c5cccc(N(c6cccc(N(c7ccccc7)c7ccc8ccc9cccnc9c8n7)c6)c6ccc7sc8ccccc8c7c6)c5)cc43)cc2)cc1. The molecule has 0 fully saturated rings. The Morgan fingerprint density at radius 3 is 1.78 bits per heavy atom. The third-order valence-corrected chi connectivity index (χ3v) is 15.1. The van der Waals surface area contributed by atoms with Crippen LogP contribution in [-0.4, -0.2) is 14.5 Å². The summed E-state index contributed by atoms with van der Waals surface area (Å²) in [5, 5.41) is 7.07. The molecule has 0 atom stereocenters. The summed E-state index contributed by atoms with van der Waals surface area (Å²) in [6.07, 6.45) is 1.85. The van der Waals surface area contributed by atoms with Gasteiger partial charge in [0.15, 0.2) is 0 Å². The van der Waals surface area contributed by atoms with Crippen molar-refractivity contribution in [3.8, 4) is 27.9 Å². The molecule has 0 saturated carbocycles. The minimum absolute atomic E-state index is 0.809. The van der Waals surface area contributed by atoms with E-state index >= 15 is 0 Å². The van der Waals surface area contributed by atoms with Crippen LogP contribution in [0.5, 0.6) is 0 Å². The zero-order valence-electron chi connectivity index (χ0n) is 39.0. The topological polar surface area (TPSA) is 37.2 Å². The van der Waals surface area contributed by atoms with Gasteiger partial charge in [0.05, 0.1) is 22.1 Å². The number of para-hydroxylation sites is 2. The minimum atomic E-state index is 0.809. The van der Waals surface area contributed by atoms with E-state index in [2.05, 4.69) is 263 Å². The van der Waals surface area contributed by atoms with Crippen LogP contribution in [0.4, 0.5) is 34.3 Å². The highest BCUT2D eigenvalue weighted by Gasteiger charge is 2.21. The summed E-state index contributed by atoms with van der Waals surface area (Å²) in [6.45, 7) is 0. The van der Waals surface area contributed by atoms with Crippen LogP contribution >= 0.6 is 11.3 Å². The molecule has 0 spiro atoms. The molecule has 10 aromatic carbocycles. The second-order valence-electron chi connectivity index (χ2n) is 18.2. The van der Waals surface area contributed by atoms with Gasteiger partial charge in [0.1, 0.15) is 5.82 Å². The largest absolute Gasteiger partial charge is 0.310 e. The number of aromatic nitrogens is 3. The Labute approximate surface area is 420 Å². The van der Waals surface area contributed by atoms with Crippen LogP contribution in [0.25, 0.3) is 91.7 Å². The number of thiophene rings is 1. The molecule has 0 amide bonds. The van der Waals surface area contributed by atoms with Gasteiger partial charge in [-0.1, -0.05) is 146 Å². The van der Waals surface area contributed by atoms with Crippen LogP contribution < -0.4 is 9.80 Å². The maximum atomic E-state index is 5.38. The van der Waals surface area contributed by atoms with Gasteiger partial charge in [-0.05, 0) is 131 Å². The Hall–Kier alpha value is -9.36. The second-order valence-corrected chi connectivity index (χ2v) is 19.3. The van der Waals surface area contributed by atoms with Crippen LogP contribution in [0.15, 0.2) is 261 Å². The average molecular weight is 938 g/mol. The van der Waals surface area contributed by atoms with Crippen molar-refractivity contribution in [2.75, 3.05) is 9.80 Å². The summed E-state index contributed by atoms with van der Waals surface area (Å²) in [5.74, 6) is 0.809. The van der Waals surface area contributed by atoms with Crippen LogP contribution in [-0.2, 0) is 0 Å². The first-order chi connectivity index (χ1) is 35.7. The minimum Gasteiger partial charge on any atom is -0.310 e. The van der Waals surface area contributed by atoms with E-state index in [0.29, 0.717) is 0 Å². The molecule has 5 nitrogen and oxygen atoms in total. The van der Waals surface area contributed by atoms with Crippen molar-refractivity contribution >= 4 is 109 Å². The van der Waals surface area contributed by atoms with E-state index in [4.69, 9.17) is 9.97 Å². The fourth-order valence-electron chi connectivity index (χ4n) is 10.6. The molecule has 0 aliphatic carbocycles. The van der Waals surface area contributed by atoms with Crippen LogP contribution in [0.1, 0.15) is 0 Å². The summed E-state index contributed by atoms with van der Waals surface area (Å²) in [7, 11) is 0. The smallest absolute Gasteiger partial charge is 0.138 e. The highest BCUT2D eigenvalue weighted by molar-refractivity contribution is 7.25. The molecule has 0 bridgehead atoms. The lowest BCUT2D eigenvalue weighted by atomic mass is 10.0. The monoisotopic (exact) mass is 937 g/mol. The Bertz CT molecular complexity index is 4350. The Morgan fingerprint density at radius 1 is 0.333 bits per heavy atom. The molecule has 0 N–H and O–H groups in total. The van der Waals surface area contributed by atoms with Gasteiger partial charge in [-0.15, -0.1) is 11.3 Å². The van der Waals surface area contributed by atoms with E-state index in [1.807, 2.05) is 23.6 Å². The van der Waals surface area contributed by atoms with Gasteiger partial charge in [-0.3, -0.25) is 9.88 Å². The number of anilines is 6. The maximum Gasteiger partial charge on any atom is 0.138 e. The van der Waals surface area contributed by atoms with Crippen LogP contribution in [0.2, 0.25) is 0 Å². The number of nitrogens with zero attached hydrogens (tertiary/aromatic N) is 5. The molecule has 0 unspecified atom stereocenters. The van der Waals surface area contributed by atoms with E-state index in [-0.39, 0.29) is 0 Å². The fraction of sp³-hybridized carbons (Fsp3) is 0. The molecular weight excluding hydrogens is 895 g/mol. The van der Waals surface area contributed by atoms with Crippen molar-refractivity contribution in [2.24, 2.45) is 0 Å². The number of hydrogen-bond acceptors (Lipinski definition) is 5. The highest BCUT2D eigenvalue weighted by Crippen LogP contribution is 2.45. The van der Waals surface area contributed by atoms with E-state index in [9.17, 15) is 0 Å². The Morgan fingerprint density at radius 2 is 0.931 bits per heavy atom. The molecule has 338 valence electrons. The summed E-state index contributed by atoms with van der Waals surface area (Å²) in [6, 6.07) is 91.8. The van der Waals surface area contributed by atoms with E-state index in [1.165, 1.54) is 47.6 Å². The van der Waals surface area contributed by atoms with Crippen molar-refractivity contribution in [2.45, 2.75) is 0 Å². The molecule has 14 rings (SSSR count). The normalized spacial score (nSPS) is 11.6. The summed E-state index contributed by atoms with van der Waals surface area (Å²) >= 11 is 1.84. The predicted octanol–water partition coefficient (Wildman–Crippen LogP) is 18.5. The summed E-state index contributed by atoms with van der Waals surface area (Å²) in [5.41, 5.74) is 15.0. The summed E-state index contributed by atoms with van der Waals surface area (Å²) < 4.78 is 4.96. The molecule has 0 saturated heterocycles. The summed E-state index contributed by atoms with van der Waals surface area (Å²) in [4.78, 5) is 14.8. The van der Waals surface area contributed by atoms with Gasteiger partial charge in [-0.2, -0.15) is 0 Å². The molecule has 72 heavy (non-hydrogen) atoms. The lowest BCUT2D eigenvalue weighted by Crippen LogP contribution is -2.14. The van der Waals surface area contributed by atoms with Crippen LogP contribution in [0, 0.1) is 0 Å². The zero-order valence-corrected chi connectivity index (χ0v) is 39.8. The fourth-order valence-corrected chi connectivity index (χ4v) is 11.7. The Kier molecular flexibility index (Phi) is 9.96. The van der Waals surface area contributed by atoms with Crippen molar-refractivity contribution in [1.29, 1.82) is 0 Å². The highest BCUT2D eigenvalue weighted by atomic mass is 32.1. The van der Waals surface area contributed by atoms with Gasteiger partial charge < -0.3 is 9.47 Å². The average Bonchev–Trinajstić information content (AvgIpc) is 3.99. The van der Waals surface area contributed by atoms with E-state index in [0.717, 1.165) is 78.4 Å². The van der Waals surface area contributed by atoms with Gasteiger partial charge in [-0.25, -0.2) is 4.98 Å². The van der Waals surface area contributed by atoms with E-state index in [1.54, 1.807) is 0 Å². The molecule has 0 aliphatic heterocycles. The number of hydrogen-bond donors (Lipinski definition) is 0. The molecule has 4 aromatic heterocycles. The zero-order chi connectivity index (χ0) is 47.5. The third kappa shape index (κ3) is 7.15. The number of rotatable bonds is 9. The van der Waals surface area contributed by atoms with Crippen molar-refractivity contribution < 1.29 is 0 Å². The standard InChI is InChI=1S/C66H43N5S/c1-3-14-44(15-4-1)45-29-33-51(34-30-45)71-60-25-9-7-23-56(60)57-36-31-49(41-61(57)71)48-16-11-20-52(40-48)69(55-35-37-63-59(43-55)58-24-8-10-26-62(58)72-63)53-21-12-22-54(42-53)70(50-18-5-2-6-19-50)64-38-32-47-28-27-46-17-13-39-67-65(46)66(47)68-64/h1-43H. The quantitative estimate of drug-likeness (QED) is 0.135. The second kappa shape index (κ2) is 17.2. The van der Waals surface area contributed by atoms with Gasteiger partial charge in [0.25, 0.3) is 0 Å². The van der Waals surface area contributed by atoms with Crippen molar-refractivity contribution in [3.63, 3.8) is 0 Å². The Balaban J connectivity index is 0.924. The third-order valence-electron chi connectivity index (χ3n) is 14.0. The molecular formula is C66H43N5S. The van der Waals surface area contributed by atoms with Crippen LogP contribution in [0.3, 0.4) is 0 Å². The number of benzene rings is 10. The van der Waals surface area contributed by atoms with Crippen molar-refractivity contribution in [3.05, 3.63) is 261 Å². The lowest BCUT2D eigenvalue weighted by Gasteiger charge is -2.29. The van der Waals surface area contributed by atoms with Crippen molar-refractivity contribution in [1.82, 2.24) is 14.5 Å². The number of fused-ring (bicyclic) bond motifs is 9. The molecule has 6 heteroatoms. The van der Waals surface area contributed by atoms with Gasteiger partial charge in [0, 0.05) is 82.0 Å². The first-order valence-corrected chi connectivity index (χ1v) is 25.1. The molecule has 4 heterocycles.